The van der Waals surface area contributed by atoms with E-state index in [1.54, 1.807) is 0 Å². The number of amidine groups is 1. The highest BCUT2D eigenvalue weighted by molar-refractivity contribution is 8.00. The molecule has 2 aromatic carbocycles. The van der Waals surface area contributed by atoms with Gasteiger partial charge in [-0.3, -0.25) is 9.71 Å². The summed E-state index contributed by atoms with van der Waals surface area (Å²) in [4.78, 5) is 8.51. The molecule has 2 heterocycles. The Bertz CT molecular complexity index is 1370. The molecule has 43 heavy (non-hydrogen) atoms. The second kappa shape index (κ2) is 16.7. The number of aliphatic hydroxyl groups excluding tert-OH is 1. The second-order valence-corrected chi connectivity index (χ2v) is 12.0. The lowest BCUT2D eigenvalue weighted by Gasteiger charge is -2.25. The Morgan fingerprint density at radius 2 is 1.77 bits per heavy atom. The van der Waals surface area contributed by atoms with Gasteiger partial charge in [-0.25, -0.2) is 0 Å². The van der Waals surface area contributed by atoms with Crippen LogP contribution in [-0.4, -0.2) is 40.2 Å². The van der Waals surface area contributed by atoms with Gasteiger partial charge in [0.2, 0.25) is 5.88 Å². The Hall–Kier alpha value is -3.03. The molecular formula is C36H52N4O2S. The highest BCUT2D eigenvalue weighted by Crippen LogP contribution is 2.44. The van der Waals surface area contributed by atoms with E-state index in [4.69, 9.17) is 9.52 Å². The molecule has 0 bridgehead atoms. The van der Waals surface area contributed by atoms with Crippen molar-refractivity contribution in [3.63, 3.8) is 0 Å². The number of anilines is 1. The monoisotopic (exact) mass is 604 g/mol. The summed E-state index contributed by atoms with van der Waals surface area (Å²) < 4.78 is 8.59. The van der Waals surface area contributed by atoms with E-state index in [0.717, 1.165) is 39.3 Å². The molecule has 234 valence electrons. The number of benzene rings is 2. The molecule has 1 spiro atoms. The summed E-state index contributed by atoms with van der Waals surface area (Å²) in [6, 6.07) is 14.6. The SMILES string of the molecule is C/C=C1\N(C)C(CCCC)=NC12CCCC2.CC.Cc1ccc(-c2ccccc2SNc2onc(C)c2C)c(CCO)c1. The van der Waals surface area contributed by atoms with E-state index in [0.29, 0.717) is 12.3 Å². The van der Waals surface area contributed by atoms with Gasteiger partial charge in [-0.15, -0.1) is 0 Å². The first-order valence-electron chi connectivity index (χ1n) is 16.0. The smallest absolute Gasteiger partial charge is 0.237 e. The first kappa shape index (κ1) is 34.5. The standard InChI is InChI=1S/C20H22N2O2S.C14H24N2.C2H6/c1-13-8-9-17(16(12-13)10-11-23)18-6-4-5-7-19(18)25-22-20-14(2)15(3)21-24-20;1-4-6-9-13-15-14(10-7-8-11-14)12(5-2)16(13)3;1-2/h4-9,12,22-23H,10-11H2,1-3H3;5H,4,6-11H2,1-3H3;1-2H3/b;12-5-;. The molecule has 7 heteroatoms. The molecule has 2 N–H and O–H groups in total. The largest absolute Gasteiger partial charge is 0.396 e. The lowest BCUT2D eigenvalue weighted by Crippen LogP contribution is -2.28. The quantitative estimate of drug-likeness (QED) is 0.237. The van der Waals surface area contributed by atoms with Crippen molar-refractivity contribution in [2.24, 2.45) is 4.99 Å². The number of nitrogens with zero attached hydrogens (tertiary/aromatic N) is 3. The molecule has 0 saturated heterocycles. The van der Waals surface area contributed by atoms with Crippen LogP contribution in [0, 0.1) is 20.8 Å². The molecule has 2 aliphatic rings. The zero-order chi connectivity index (χ0) is 31.4. The van der Waals surface area contributed by atoms with Gasteiger partial charge in [-0.05, 0) is 88.1 Å². The highest BCUT2D eigenvalue weighted by atomic mass is 32.2. The van der Waals surface area contributed by atoms with Crippen molar-refractivity contribution in [3.8, 4) is 11.1 Å². The maximum absolute atomic E-state index is 9.40. The Kier molecular flexibility index (Phi) is 13.4. The van der Waals surface area contributed by atoms with Crippen LogP contribution in [0.3, 0.4) is 0 Å². The summed E-state index contributed by atoms with van der Waals surface area (Å²) in [6.07, 6.45) is 11.8. The minimum atomic E-state index is 0.139. The molecule has 1 saturated carbocycles. The van der Waals surface area contributed by atoms with E-state index in [-0.39, 0.29) is 12.1 Å². The topological polar surface area (TPSA) is 73.9 Å². The van der Waals surface area contributed by atoms with Crippen LogP contribution >= 0.6 is 11.9 Å². The van der Waals surface area contributed by atoms with Gasteiger partial charge in [0.15, 0.2) is 0 Å². The summed E-state index contributed by atoms with van der Waals surface area (Å²) in [5.41, 5.74) is 8.17. The fourth-order valence-corrected chi connectivity index (χ4v) is 6.71. The van der Waals surface area contributed by atoms with E-state index in [1.807, 2.05) is 39.8 Å². The van der Waals surface area contributed by atoms with Crippen LogP contribution in [0.15, 0.2) is 68.6 Å². The molecule has 1 aliphatic heterocycles. The fraction of sp³-hybridized carbons (Fsp3) is 0.500. The van der Waals surface area contributed by atoms with Crippen molar-refractivity contribution >= 4 is 23.7 Å². The first-order valence-corrected chi connectivity index (χ1v) is 16.8. The van der Waals surface area contributed by atoms with Crippen LogP contribution in [0.4, 0.5) is 5.88 Å². The molecule has 5 rings (SSSR count). The van der Waals surface area contributed by atoms with Crippen LogP contribution in [0.5, 0.6) is 0 Å². The number of aryl methyl sites for hydroxylation is 2. The molecule has 6 nitrogen and oxygen atoms in total. The Balaban J connectivity index is 0.000000242. The van der Waals surface area contributed by atoms with E-state index in [1.165, 1.54) is 67.6 Å². The van der Waals surface area contributed by atoms with Gasteiger partial charge in [0, 0.05) is 36.2 Å². The molecule has 0 unspecified atom stereocenters. The van der Waals surface area contributed by atoms with Crippen LogP contribution in [0.1, 0.15) is 95.0 Å². The molecule has 0 radical (unpaired) electrons. The van der Waals surface area contributed by atoms with Gasteiger partial charge in [0.05, 0.1) is 5.69 Å². The van der Waals surface area contributed by atoms with E-state index >= 15 is 0 Å². The zero-order valence-electron chi connectivity index (χ0n) is 27.6. The fourth-order valence-electron chi connectivity index (χ4n) is 5.88. The maximum atomic E-state index is 9.40. The molecule has 1 fully saturated rings. The minimum absolute atomic E-state index is 0.139. The normalized spacial score (nSPS) is 16.1. The Morgan fingerprint density at radius 3 is 2.40 bits per heavy atom. The Labute approximate surface area is 264 Å². The Morgan fingerprint density at radius 1 is 1.05 bits per heavy atom. The number of aliphatic imine (C=N–C) groups is 1. The summed E-state index contributed by atoms with van der Waals surface area (Å²) in [5, 5.41) is 13.4. The van der Waals surface area contributed by atoms with E-state index < -0.39 is 0 Å². The molecular weight excluding hydrogens is 552 g/mol. The summed E-state index contributed by atoms with van der Waals surface area (Å²) in [7, 11) is 2.19. The lowest BCUT2D eigenvalue weighted by molar-refractivity contribution is 0.300. The maximum Gasteiger partial charge on any atom is 0.237 e. The van der Waals surface area contributed by atoms with E-state index in [9.17, 15) is 5.11 Å². The molecule has 1 aliphatic carbocycles. The van der Waals surface area contributed by atoms with Crippen LogP contribution in [0.2, 0.25) is 0 Å². The van der Waals surface area contributed by atoms with Gasteiger partial charge >= 0.3 is 0 Å². The van der Waals surface area contributed by atoms with Crippen molar-refractivity contribution in [2.75, 3.05) is 18.4 Å². The third kappa shape index (κ3) is 8.33. The number of nitrogens with one attached hydrogen (secondary N) is 1. The van der Waals surface area contributed by atoms with Crippen LogP contribution in [-0.2, 0) is 6.42 Å². The summed E-state index contributed by atoms with van der Waals surface area (Å²) >= 11 is 1.51. The van der Waals surface area contributed by atoms with Gasteiger partial charge < -0.3 is 14.5 Å². The third-order valence-corrected chi connectivity index (χ3v) is 9.12. The highest BCUT2D eigenvalue weighted by Gasteiger charge is 2.43. The number of allylic oxidation sites excluding steroid dienone is 1. The number of aliphatic hydroxyl groups is 1. The van der Waals surface area contributed by atoms with Crippen LogP contribution in [0.25, 0.3) is 11.1 Å². The van der Waals surface area contributed by atoms with Crippen molar-refractivity contribution in [1.82, 2.24) is 10.1 Å². The van der Waals surface area contributed by atoms with Crippen LogP contribution < -0.4 is 4.72 Å². The molecule has 3 aromatic rings. The van der Waals surface area contributed by atoms with E-state index in [2.05, 4.69) is 79.0 Å². The third-order valence-electron chi connectivity index (χ3n) is 8.26. The minimum Gasteiger partial charge on any atom is -0.396 e. The number of aromatic nitrogens is 1. The van der Waals surface area contributed by atoms with Crippen molar-refractivity contribution in [2.45, 2.75) is 110 Å². The average Bonchev–Trinajstić information content (AvgIpc) is 3.70. The second-order valence-electron chi connectivity index (χ2n) is 11.2. The number of hydrogen-bond donors (Lipinski definition) is 2. The van der Waals surface area contributed by atoms with Gasteiger partial charge in [0.25, 0.3) is 0 Å². The first-order chi connectivity index (χ1) is 20.8. The predicted molar refractivity (Wildman–Crippen MR) is 184 cm³/mol. The molecule has 0 amide bonds. The molecule has 0 atom stereocenters. The summed E-state index contributed by atoms with van der Waals surface area (Å²) in [5.74, 6) is 1.99. The average molecular weight is 605 g/mol. The summed E-state index contributed by atoms with van der Waals surface area (Å²) in [6.45, 7) is 14.5. The predicted octanol–water partition coefficient (Wildman–Crippen LogP) is 9.68. The lowest BCUT2D eigenvalue weighted by atomic mass is 9.94. The van der Waals surface area contributed by atoms with Crippen molar-refractivity contribution < 1.29 is 9.63 Å². The number of likely N-dealkylation sites (N-methyl/N-ethyl adjacent to an activating group) is 1. The van der Waals surface area contributed by atoms with Gasteiger partial charge in [-0.1, -0.05) is 93.2 Å². The zero-order valence-corrected chi connectivity index (χ0v) is 28.4. The van der Waals surface area contributed by atoms with Gasteiger partial charge in [0.1, 0.15) is 11.4 Å². The molecule has 1 aromatic heterocycles. The van der Waals surface area contributed by atoms with Crippen molar-refractivity contribution in [3.05, 3.63) is 76.6 Å². The number of rotatable bonds is 9. The number of unbranched alkanes of at least 4 members (excludes halogenated alkanes) is 1. The van der Waals surface area contributed by atoms with Crippen molar-refractivity contribution in [1.29, 1.82) is 0 Å². The van der Waals surface area contributed by atoms with Gasteiger partial charge in [-0.2, -0.15) is 0 Å². The number of hydrogen-bond acceptors (Lipinski definition) is 7.